The van der Waals surface area contributed by atoms with Crippen molar-refractivity contribution >= 4 is 45.4 Å². The minimum Gasteiger partial charge on any atom is -0.497 e. The maximum atomic E-state index is 12.4. The number of thioether (sulfide) groups is 1. The van der Waals surface area contributed by atoms with E-state index >= 15 is 0 Å². The molecule has 4 aromatic rings. The Morgan fingerprint density at radius 1 is 1.03 bits per heavy atom. The average Bonchev–Trinajstić information content (AvgIpc) is 3.14. The Balaban J connectivity index is 1.48. The molecule has 1 amide bonds. The fourth-order valence-corrected chi connectivity index (χ4v) is 3.54. The number of anilines is 1. The lowest BCUT2D eigenvalue weighted by atomic mass is 10.2. The van der Waals surface area contributed by atoms with Crippen molar-refractivity contribution in [2.75, 3.05) is 32.4 Å². The standard InChI is InChI=1S/C20H19N5O4S/c1-27-11-4-6-14-13(8-11)18-19(22-14)23-20(25-24-18)30-10-17(26)21-15-9-12(28-2)5-7-16(15)29-3/h4-9H,10H2,1-3H3,(H,21,26)(H,22,23,25). The molecular weight excluding hydrogens is 406 g/mol. The first-order valence-corrected chi connectivity index (χ1v) is 9.94. The highest BCUT2D eigenvalue weighted by Crippen LogP contribution is 2.30. The van der Waals surface area contributed by atoms with E-state index in [4.69, 9.17) is 14.2 Å². The number of benzene rings is 2. The Labute approximate surface area is 176 Å². The van der Waals surface area contributed by atoms with Gasteiger partial charge in [0, 0.05) is 17.0 Å². The number of nitrogens with one attached hydrogen (secondary N) is 2. The van der Waals surface area contributed by atoms with Crippen LogP contribution in [0.2, 0.25) is 0 Å². The van der Waals surface area contributed by atoms with Gasteiger partial charge in [-0.3, -0.25) is 4.79 Å². The molecule has 4 rings (SSSR count). The molecule has 2 aromatic carbocycles. The third-order valence-corrected chi connectivity index (χ3v) is 5.25. The molecule has 0 radical (unpaired) electrons. The summed E-state index contributed by atoms with van der Waals surface area (Å²) in [5, 5.41) is 12.5. The van der Waals surface area contributed by atoms with Gasteiger partial charge in [-0.05, 0) is 30.3 Å². The van der Waals surface area contributed by atoms with Crippen LogP contribution in [-0.2, 0) is 4.79 Å². The van der Waals surface area contributed by atoms with Crippen LogP contribution in [0.5, 0.6) is 17.2 Å². The summed E-state index contributed by atoms with van der Waals surface area (Å²) >= 11 is 1.19. The van der Waals surface area contributed by atoms with Crippen LogP contribution >= 0.6 is 11.8 Å². The number of methoxy groups -OCH3 is 3. The second-order valence-electron chi connectivity index (χ2n) is 6.23. The second kappa shape index (κ2) is 8.46. The SMILES string of the molecule is COc1ccc(OC)c(NC(=O)CSc2nnc3c(n2)[nH]c2ccc(OC)cc23)c1. The van der Waals surface area contributed by atoms with Crippen LogP contribution in [0.15, 0.2) is 41.6 Å². The summed E-state index contributed by atoms with van der Waals surface area (Å²) in [5.74, 6) is 1.78. The second-order valence-corrected chi connectivity index (χ2v) is 7.17. The van der Waals surface area contributed by atoms with Crippen LogP contribution in [0, 0.1) is 0 Å². The molecule has 0 saturated carbocycles. The summed E-state index contributed by atoms with van der Waals surface area (Å²) in [5.41, 5.74) is 2.67. The molecule has 0 saturated heterocycles. The quantitative estimate of drug-likeness (QED) is 0.434. The lowest BCUT2D eigenvalue weighted by Gasteiger charge is -2.11. The van der Waals surface area contributed by atoms with Crippen LogP contribution in [0.1, 0.15) is 0 Å². The molecule has 30 heavy (non-hydrogen) atoms. The molecule has 0 aliphatic rings. The maximum Gasteiger partial charge on any atom is 0.234 e. The molecule has 2 heterocycles. The number of amides is 1. The van der Waals surface area contributed by atoms with E-state index in [0.717, 1.165) is 16.7 Å². The van der Waals surface area contributed by atoms with Gasteiger partial charge in [-0.1, -0.05) is 11.8 Å². The number of H-pyrrole nitrogens is 1. The van der Waals surface area contributed by atoms with Crippen molar-refractivity contribution in [2.24, 2.45) is 0 Å². The predicted octanol–water partition coefficient (Wildman–Crippen LogP) is 3.26. The molecule has 2 N–H and O–H groups in total. The van der Waals surface area contributed by atoms with Gasteiger partial charge in [0.1, 0.15) is 22.8 Å². The van der Waals surface area contributed by atoms with Gasteiger partial charge in [0.2, 0.25) is 11.1 Å². The third kappa shape index (κ3) is 3.94. The first-order chi connectivity index (χ1) is 14.6. The molecule has 0 bridgehead atoms. The van der Waals surface area contributed by atoms with Gasteiger partial charge >= 0.3 is 0 Å². The van der Waals surface area contributed by atoms with Gasteiger partial charge in [0.15, 0.2) is 5.65 Å². The van der Waals surface area contributed by atoms with E-state index in [1.54, 1.807) is 32.4 Å². The number of nitrogens with zero attached hydrogens (tertiary/aromatic N) is 3. The lowest BCUT2D eigenvalue weighted by Crippen LogP contribution is -2.15. The minimum atomic E-state index is -0.225. The molecule has 0 spiro atoms. The monoisotopic (exact) mass is 425 g/mol. The first-order valence-electron chi connectivity index (χ1n) is 8.96. The predicted molar refractivity (Wildman–Crippen MR) is 115 cm³/mol. The Morgan fingerprint density at radius 3 is 2.57 bits per heavy atom. The van der Waals surface area contributed by atoms with Crippen LogP contribution in [-0.4, -0.2) is 53.2 Å². The Bertz CT molecular complexity index is 1230. The van der Waals surface area contributed by atoms with E-state index in [-0.39, 0.29) is 11.7 Å². The number of carbonyl (C=O) groups excluding carboxylic acids is 1. The largest absolute Gasteiger partial charge is 0.497 e. The van der Waals surface area contributed by atoms with Gasteiger partial charge in [-0.15, -0.1) is 10.2 Å². The highest BCUT2D eigenvalue weighted by atomic mass is 32.2. The fourth-order valence-electron chi connectivity index (χ4n) is 2.95. The molecule has 0 aliphatic carbocycles. The van der Waals surface area contributed by atoms with E-state index in [1.165, 1.54) is 18.9 Å². The summed E-state index contributed by atoms with van der Waals surface area (Å²) in [7, 11) is 4.71. The van der Waals surface area contributed by atoms with Crippen molar-refractivity contribution < 1.29 is 19.0 Å². The Morgan fingerprint density at radius 2 is 1.80 bits per heavy atom. The van der Waals surface area contributed by atoms with Gasteiger partial charge in [-0.25, -0.2) is 4.98 Å². The van der Waals surface area contributed by atoms with Gasteiger partial charge in [0.05, 0.1) is 32.8 Å². The Hall–Kier alpha value is -3.53. The summed E-state index contributed by atoms with van der Waals surface area (Å²) in [6.07, 6.45) is 0. The Kier molecular flexibility index (Phi) is 5.57. The number of hydrogen-bond donors (Lipinski definition) is 2. The zero-order chi connectivity index (χ0) is 21.1. The van der Waals surface area contributed by atoms with E-state index in [0.29, 0.717) is 33.5 Å². The van der Waals surface area contributed by atoms with E-state index < -0.39 is 0 Å². The summed E-state index contributed by atoms with van der Waals surface area (Å²) in [6.45, 7) is 0. The topological polar surface area (TPSA) is 111 Å². The van der Waals surface area contributed by atoms with Gasteiger partial charge in [-0.2, -0.15) is 0 Å². The van der Waals surface area contributed by atoms with Crippen LogP contribution in [0.4, 0.5) is 5.69 Å². The smallest absolute Gasteiger partial charge is 0.234 e. The highest BCUT2D eigenvalue weighted by molar-refractivity contribution is 7.99. The van der Waals surface area contributed by atoms with E-state index in [9.17, 15) is 4.79 Å². The van der Waals surface area contributed by atoms with Crippen LogP contribution < -0.4 is 19.5 Å². The van der Waals surface area contributed by atoms with Crippen molar-refractivity contribution in [3.05, 3.63) is 36.4 Å². The fraction of sp³-hybridized carbons (Fsp3) is 0.200. The molecule has 0 unspecified atom stereocenters. The van der Waals surface area contributed by atoms with Crippen molar-refractivity contribution in [3.8, 4) is 17.2 Å². The molecular formula is C20H19N5O4S. The molecule has 0 fully saturated rings. The molecule has 154 valence electrons. The van der Waals surface area contributed by atoms with Crippen molar-refractivity contribution in [2.45, 2.75) is 5.16 Å². The summed E-state index contributed by atoms with van der Waals surface area (Å²) in [4.78, 5) is 20.1. The van der Waals surface area contributed by atoms with Crippen molar-refractivity contribution in [1.82, 2.24) is 20.2 Å². The minimum absolute atomic E-state index is 0.113. The molecule has 0 atom stereocenters. The number of hydrogen-bond acceptors (Lipinski definition) is 8. The van der Waals surface area contributed by atoms with Crippen molar-refractivity contribution in [3.63, 3.8) is 0 Å². The third-order valence-electron chi connectivity index (χ3n) is 4.42. The maximum absolute atomic E-state index is 12.4. The number of fused-ring (bicyclic) bond motifs is 3. The van der Waals surface area contributed by atoms with Gasteiger partial charge in [0.25, 0.3) is 0 Å². The first kappa shape index (κ1) is 19.8. The van der Waals surface area contributed by atoms with Crippen LogP contribution in [0.3, 0.4) is 0 Å². The average molecular weight is 425 g/mol. The number of carbonyl (C=O) groups is 1. The number of aromatic nitrogens is 4. The molecule has 2 aromatic heterocycles. The summed E-state index contributed by atoms with van der Waals surface area (Å²) in [6, 6.07) is 10.8. The number of rotatable bonds is 7. The molecule has 0 aliphatic heterocycles. The number of aromatic amines is 1. The highest BCUT2D eigenvalue weighted by Gasteiger charge is 2.13. The lowest BCUT2D eigenvalue weighted by molar-refractivity contribution is -0.113. The number of ether oxygens (including phenoxy) is 3. The van der Waals surface area contributed by atoms with Gasteiger partial charge < -0.3 is 24.5 Å². The molecule has 9 nitrogen and oxygen atoms in total. The van der Waals surface area contributed by atoms with E-state index in [1.807, 2.05) is 18.2 Å². The normalized spacial score (nSPS) is 10.9. The summed E-state index contributed by atoms with van der Waals surface area (Å²) < 4.78 is 15.7. The van der Waals surface area contributed by atoms with E-state index in [2.05, 4.69) is 25.5 Å². The molecule has 10 heteroatoms. The zero-order valence-electron chi connectivity index (χ0n) is 16.6. The van der Waals surface area contributed by atoms with Crippen LogP contribution in [0.25, 0.3) is 22.1 Å². The zero-order valence-corrected chi connectivity index (χ0v) is 17.4. The van der Waals surface area contributed by atoms with Crippen molar-refractivity contribution in [1.29, 1.82) is 0 Å².